The average Bonchev–Trinajstić information content (AvgIpc) is 3.64. The molecule has 2 N–H and O–H groups in total. The van der Waals surface area contributed by atoms with Crippen LogP contribution in [0.25, 0.3) is 11.0 Å². The standard InChI is InChI=1S/C28H34F3N9O3/c1-17(28(29,30)31)34-25(41)19-14-21(36-26(35-19)43-16-27(15-32)7-8-27)40-10-5-18(6-11-40)23-22-20(42-13-12-39(2)3)4-9-33-24(22)38-37-23/h4,9,14,17-18H,5-8,10-13,16H2,1-3H3,(H,34,41)(H,33,37,38)/t17-/m0/s1. The topological polar surface area (TPSA) is 145 Å². The first-order valence-electron chi connectivity index (χ1n) is 14.1. The molecule has 3 aromatic rings. The number of hydrogen-bond acceptors (Lipinski definition) is 10. The predicted octanol–water partition coefficient (Wildman–Crippen LogP) is 3.44. The zero-order valence-electron chi connectivity index (χ0n) is 24.2. The van der Waals surface area contributed by atoms with Crippen molar-refractivity contribution < 1.29 is 27.4 Å². The molecule has 2 fully saturated rings. The molecule has 0 unspecified atom stereocenters. The molecule has 2 aliphatic rings. The first kappa shape index (κ1) is 30.3. The number of amides is 1. The summed E-state index contributed by atoms with van der Waals surface area (Å²) in [6.45, 7) is 3.25. The number of aromatic amines is 1. The SMILES string of the molecule is C[C@H](NC(=O)c1cc(N2CCC(c3[nH]nc4nccc(OCCN(C)C)c34)CC2)nc(OCC2(C#N)CC2)n1)C(F)(F)F. The maximum Gasteiger partial charge on any atom is 0.408 e. The van der Waals surface area contributed by atoms with Gasteiger partial charge in [0.2, 0.25) is 0 Å². The summed E-state index contributed by atoms with van der Waals surface area (Å²) >= 11 is 0. The van der Waals surface area contributed by atoms with Gasteiger partial charge in [-0.1, -0.05) is 0 Å². The van der Waals surface area contributed by atoms with Crippen LogP contribution in [0.2, 0.25) is 0 Å². The van der Waals surface area contributed by atoms with E-state index in [-0.39, 0.29) is 24.2 Å². The summed E-state index contributed by atoms with van der Waals surface area (Å²) in [5.74, 6) is 0.192. The lowest BCUT2D eigenvalue weighted by molar-refractivity contribution is -0.149. The lowest BCUT2D eigenvalue weighted by Crippen LogP contribution is -2.43. The van der Waals surface area contributed by atoms with E-state index in [1.54, 1.807) is 6.20 Å². The molecule has 1 saturated carbocycles. The molecule has 230 valence electrons. The lowest BCUT2D eigenvalue weighted by atomic mass is 9.92. The van der Waals surface area contributed by atoms with Crippen molar-refractivity contribution in [1.82, 2.24) is 35.4 Å². The lowest BCUT2D eigenvalue weighted by Gasteiger charge is -2.32. The van der Waals surface area contributed by atoms with Gasteiger partial charge in [0.15, 0.2) is 5.65 Å². The molecule has 5 rings (SSSR count). The molecule has 1 atom stereocenters. The van der Waals surface area contributed by atoms with Crippen LogP contribution in [0.1, 0.15) is 54.7 Å². The fourth-order valence-corrected chi connectivity index (χ4v) is 4.84. The quantitative estimate of drug-likeness (QED) is 0.335. The number of likely N-dealkylation sites (N-methyl/N-ethyl adjacent to an activating group) is 1. The number of carbonyl (C=O) groups is 1. The number of nitrogens with one attached hydrogen (secondary N) is 2. The second kappa shape index (κ2) is 12.2. The van der Waals surface area contributed by atoms with E-state index in [0.29, 0.717) is 62.6 Å². The molecular formula is C28H34F3N9O3. The van der Waals surface area contributed by atoms with Gasteiger partial charge in [-0.3, -0.25) is 9.89 Å². The number of fused-ring (bicyclic) bond motifs is 1. The second-order valence-corrected chi connectivity index (χ2v) is 11.4. The molecule has 1 saturated heterocycles. The number of nitriles is 1. The van der Waals surface area contributed by atoms with E-state index in [0.717, 1.165) is 24.5 Å². The van der Waals surface area contributed by atoms with E-state index in [4.69, 9.17) is 9.47 Å². The van der Waals surface area contributed by atoms with E-state index < -0.39 is 23.5 Å². The fourth-order valence-electron chi connectivity index (χ4n) is 4.84. The molecule has 0 bridgehead atoms. The van der Waals surface area contributed by atoms with E-state index in [1.165, 1.54) is 6.07 Å². The maximum absolute atomic E-state index is 13.1. The molecule has 3 aromatic heterocycles. The highest BCUT2D eigenvalue weighted by Gasteiger charge is 2.44. The molecule has 15 heteroatoms. The summed E-state index contributed by atoms with van der Waals surface area (Å²) in [7, 11) is 3.95. The fraction of sp³-hybridized carbons (Fsp3) is 0.571. The van der Waals surface area contributed by atoms with Crippen LogP contribution in [-0.2, 0) is 0 Å². The Hall–Kier alpha value is -4.19. The first-order chi connectivity index (χ1) is 20.5. The molecule has 0 aromatic carbocycles. The Kier molecular flexibility index (Phi) is 8.59. The van der Waals surface area contributed by atoms with Gasteiger partial charge in [-0.2, -0.15) is 33.5 Å². The molecule has 0 radical (unpaired) electrons. The van der Waals surface area contributed by atoms with E-state index in [2.05, 4.69) is 31.2 Å². The highest BCUT2D eigenvalue weighted by molar-refractivity contribution is 5.93. The highest BCUT2D eigenvalue weighted by Crippen LogP contribution is 2.45. The summed E-state index contributed by atoms with van der Waals surface area (Å²) in [6, 6.07) is 3.19. The van der Waals surface area contributed by atoms with E-state index in [1.807, 2.05) is 35.3 Å². The number of pyridine rings is 1. The van der Waals surface area contributed by atoms with Crippen molar-refractivity contribution in [3.63, 3.8) is 0 Å². The number of alkyl halides is 3. The highest BCUT2D eigenvalue weighted by atomic mass is 19.4. The Bertz CT molecular complexity index is 1490. The monoisotopic (exact) mass is 601 g/mol. The molecule has 1 amide bonds. The van der Waals surface area contributed by atoms with Crippen LogP contribution in [0.5, 0.6) is 11.8 Å². The number of H-pyrrole nitrogens is 1. The van der Waals surface area contributed by atoms with Gasteiger partial charge in [-0.05, 0) is 52.8 Å². The third kappa shape index (κ3) is 7.07. The third-order valence-electron chi connectivity index (χ3n) is 7.80. The van der Waals surface area contributed by atoms with Crippen molar-refractivity contribution in [2.75, 3.05) is 51.8 Å². The van der Waals surface area contributed by atoms with Crippen molar-refractivity contribution in [3.8, 4) is 17.8 Å². The zero-order chi connectivity index (χ0) is 30.8. The van der Waals surface area contributed by atoms with Gasteiger partial charge in [0.25, 0.3) is 5.91 Å². The van der Waals surface area contributed by atoms with Gasteiger partial charge >= 0.3 is 12.2 Å². The minimum atomic E-state index is -4.61. The summed E-state index contributed by atoms with van der Waals surface area (Å²) in [4.78, 5) is 29.7. The summed E-state index contributed by atoms with van der Waals surface area (Å²) in [5.41, 5.74) is 0.639. The van der Waals surface area contributed by atoms with Crippen LogP contribution in [0.15, 0.2) is 18.3 Å². The summed E-state index contributed by atoms with van der Waals surface area (Å²) in [5, 5.41) is 19.7. The molecule has 0 spiro atoms. The van der Waals surface area contributed by atoms with Crippen LogP contribution >= 0.6 is 0 Å². The van der Waals surface area contributed by atoms with Crippen LogP contribution in [0, 0.1) is 16.7 Å². The second-order valence-electron chi connectivity index (χ2n) is 11.4. The smallest absolute Gasteiger partial charge is 0.408 e. The Balaban J connectivity index is 1.33. The average molecular weight is 602 g/mol. The van der Waals surface area contributed by atoms with Crippen molar-refractivity contribution >= 4 is 22.8 Å². The van der Waals surface area contributed by atoms with Crippen LogP contribution in [-0.4, -0.2) is 95.1 Å². The molecule has 4 heterocycles. The van der Waals surface area contributed by atoms with Gasteiger partial charge in [0.05, 0.1) is 22.6 Å². The number of hydrogen-bond donors (Lipinski definition) is 2. The Morgan fingerprint density at radius 2 is 2.02 bits per heavy atom. The van der Waals surface area contributed by atoms with Gasteiger partial charge in [-0.25, -0.2) is 4.98 Å². The Labute approximate surface area is 246 Å². The number of halogens is 3. The van der Waals surface area contributed by atoms with E-state index >= 15 is 0 Å². The predicted molar refractivity (Wildman–Crippen MR) is 150 cm³/mol. The number of nitrogens with zero attached hydrogens (tertiary/aromatic N) is 7. The number of piperidine rings is 1. The number of aromatic nitrogens is 5. The van der Waals surface area contributed by atoms with Crippen molar-refractivity contribution in [2.24, 2.45) is 5.41 Å². The molecular weight excluding hydrogens is 567 g/mol. The van der Waals surface area contributed by atoms with Crippen molar-refractivity contribution in [3.05, 3.63) is 29.7 Å². The maximum atomic E-state index is 13.1. The van der Waals surface area contributed by atoms with Crippen LogP contribution < -0.4 is 19.7 Å². The number of carbonyl (C=O) groups excluding carboxylic acids is 1. The summed E-state index contributed by atoms with van der Waals surface area (Å²) < 4.78 is 51.1. The van der Waals surface area contributed by atoms with Crippen LogP contribution in [0.4, 0.5) is 19.0 Å². The van der Waals surface area contributed by atoms with Gasteiger partial charge in [0, 0.05) is 37.8 Å². The van der Waals surface area contributed by atoms with E-state index in [9.17, 15) is 23.2 Å². The number of ether oxygens (including phenoxy) is 2. The largest absolute Gasteiger partial charge is 0.491 e. The van der Waals surface area contributed by atoms with Gasteiger partial charge in [-0.15, -0.1) is 0 Å². The number of rotatable bonds is 11. The molecule has 1 aliphatic heterocycles. The Morgan fingerprint density at radius 3 is 2.67 bits per heavy atom. The molecule has 1 aliphatic carbocycles. The third-order valence-corrected chi connectivity index (χ3v) is 7.80. The minimum absolute atomic E-state index is 0.0366. The number of anilines is 1. The normalized spacial score (nSPS) is 17.5. The van der Waals surface area contributed by atoms with Crippen LogP contribution in [0.3, 0.4) is 0 Å². The molecule has 12 nitrogen and oxygen atoms in total. The first-order valence-corrected chi connectivity index (χ1v) is 14.1. The zero-order valence-corrected chi connectivity index (χ0v) is 24.2. The van der Waals surface area contributed by atoms with Crippen molar-refractivity contribution in [1.29, 1.82) is 5.26 Å². The summed E-state index contributed by atoms with van der Waals surface area (Å²) in [6.07, 6.45) is -0.191. The van der Waals surface area contributed by atoms with Gasteiger partial charge < -0.3 is 24.6 Å². The minimum Gasteiger partial charge on any atom is -0.491 e. The Morgan fingerprint density at radius 1 is 1.28 bits per heavy atom. The van der Waals surface area contributed by atoms with Crippen molar-refractivity contribution in [2.45, 2.75) is 50.7 Å². The molecule has 43 heavy (non-hydrogen) atoms. The van der Waals surface area contributed by atoms with Gasteiger partial charge in [0.1, 0.15) is 36.5 Å².